The van der Waals surface area contributed by atoms with Crippen LogP contribution in [0.4, 0.5) is 5.82 Å². The highest BCUT2D eigenvalue weighted by atomic mass is 32.1. The Morgan fingerprint density at radius 3 is 3.42 bits per heavy atom. The Morgan fingerprint density at radius 1 is 1.53 bits per heavy atom. The van der Waals surface area contributed by atoms with Gasteiger partial charge in [-0.1, -0.05) is 0 Å². The van der Waals surface area contributed by atoms with Crippen LogP contribution in [0.1, 0.15) is 5.82 Å². The van der Waals surface area contributed by atoms with E-state index in [0.717, 1.165) is 54.7 Å². The lowest BCUT2D eigenvalue weighted by atomic mass is 10.1. The minimum Gasteiger partial charge on any atom is -0.380 e. The van der Waals surface area contributed by atoms with E-state index in [9.17, 15) is 0 Å². The molecule has 0 radical (unpaired) electrons. The maximum Gasteiger partial charge on any atom is 0.147 e. The summed E-state index contributed by atoms with van der Waals surface area (Å²) in [5, 5.41) is 8.89. The van der Waals surface area contributed by atoms with E-state index >= 15 is 0 Å². The zero-order valence-corrected chi connectivity index (χ0v) is 11.8. The lowest BCUT2D eigenvalue weighted by molar-refractivity contribution is 0.127. The second-order valence-electron chi connectivity index (χ2n) is 4.78. The third kappa shape index (κ3) is 3.02. The molecule has 2 aromatic heterocycles. The van der Waals surface area contributed by atoms with E-state index in [4.69, 9.17) is 4.74 Å². The predicted molar refractivity (Wildman–Crippen MR) is 77.8 cm³/mol. The molecule has 1 fully saturated rings. The van der Waals surface area contributed by atoms with Gasteiger partial charge in [0.25, 0.3) is 0 Å². The third-order valence-corrected chi connectivity index (χ3v) is 4.09. The molecule has 1 saturated heterocycles. The fraction of sp³-hybridized carbons (Fsp3) is 0.538. The number of nitrogens with zero attached hydrogens (tertiary/aromatic N) is 2. The van der Waals surface area contributed by atoms with Crippen molar-refractivity contribution in [3.8, 4) is 0 Å². The number of hydrogen-bond acceptors (Lipinski definition) is 6. The minimum absolute atomic E-state index is 0.479. The number of hydrogen-bond donors (Lipinski definition) is 2. The van der Waals surface area contributed by atoms with Crippen molar-refractivity contribution in [3.63, 3.8) is 0 Å². The van der Waals surface area contributed by atoms with Crippen LogP contribution in [-0.2, 0) is 4.74 Å². The van der Waals surface area contributed by atoms with Gasteiger partial charge in [-0.3, -0.25) is 0 Å². The van der Waals surface area contributed by atoms with E-state index in [2.05, 4.69) is 26.0 Å². The Labute approximate surface area is 116 Å². The van der Waals surface area contributed by atoms with Crippen LogP contribution in [0.15, 0.2) is 11.4 Å². The Kier molecular flexibility index (Phi) is 3.91. The van der Waals surface area contributed by atoms with E-state index in [1.54, 1.807) is 11.3 Å². The van der Waals surface area contributed by atoms with Gasteiger partial charge in [0.15, 0.2) is 0 Å². The van der Waals surface area contributed by atoms with Crippen molar-refractivity contribution in [2.24, 2.45) is 5.92 Å². The van der Waals surface area contributed by atoms with Gasteiger partial charge in [-0.05, 0) is 18.4 Å². The molecule has 1 aliphatic heterocycles. The van der Waals surface area contributed by atoms with Crippen molar-refractivity contribution in [2.45, 2.75) is 6.92 Å². The Bertz CT molecular complexity index is 549. The van der Waals surface area contributed by atoms with Crippen LogP contribution in [-0.4, -0.2) is 42.8 Å². The highest BCUT2D eigenvalue weighted by molar-refractivity contribution is 7.17. The maximum atomic E-state index is 5.56. The van der Waals surface area contributed by atoms with Gasteiger partial charge >= 0.3 is 0 Å². The molecule has 102 valence electrons. The molecule has 0 bridgehead atoms. The van der Waals surface area contributed by atoms with Crippen LogP contribution in [0.3, 0.4) is 0 Å². The molecule has 19 heavy (non-hydrogen) atoms. The summed E-state index contributed by atoms with van der Waals surface area (Å²) in [5.41, 5.74) is 1.02. The number of rotatable bonds is 3. The van der Waals surface area contributed by atoms with E-state index in [-0.39, 0.29) is 0 Å². The molecule has 2 N–H and O–H groups in total. The normalized spacial score (nSPS) is 20.4. The molecule has 1 unspecified atom stereocenters. The van der Waals surface area contributed by atoms with Gasteiger partial charge in [-0.15, -0.1) is 11.3 Å². The molecule has 0 amide bonds. The van der Waals surface area contributed by atoms with Crippen molar-refractivity contribution >= 4 is 27.4 Å². The second kappa shape index (κ2) is 5.81. The standard InChI is InChI=1S/C13H18N4OS/c1-9-16-11-2-5-19-12(11)13(17-9)15-7-10-6-14-3-4-18-8-10/h2,5,10,14H,3-4,6-8H2,1H3,(H,15,16,17). The second-order valence-corrected chi connectivity index (χ2v) is 5.70. The first-order valence-electron chi connectivity index (χ1n) is 6.57. The highest BCUT2D eigenvalue weighted by Gasteiger charge is 2.13. The largest absolute Gasteiger partial charge is 0.380 e. The molecular weight excluding hydrogens is 260 g/mol. The fourth-order valence-electron chi connectivity index (χ4n) is 2.23. The topological polar surface area (TPSA) is 59.1 Å². The molecule has 0 spiro atoms. The van der Waals surface area contributed by atoms with Crippen molar-refractivity contribution in [3.05, 3.63) is 17.3 Å². The molecule has 0 saturated carbocycles. The molecule has 5 nitrogen and oxygen atoms in total. The Balaban J connectivity index is 1.72. The van der Waals surface area contributed by atoms with Crippen molar-refractivity contribution in [1.29, 1.82) is 0 Å². The lowest BCUT2D eigenvalue weighted by Gasteiger charge is -2.15. The highest BCUT2D eigenvalue weighted by Crippen LogP contribution is 2.25. The van der Waals surface area contributed by atoms with Crippen LogP contribution < -0.4 is 10.6 Å². The molecular formula is C13H18N4OS. The number of ether oxygens (including phenoxy) is 1. The summed E-state index contributed by atoms with van der Waals surface area (Å²) in [7, 11) is 0. The summed E-state index contributed by atoms with van der Waals surface area (Å²) >= 11 is 1.68. The van der Waals surface area contributed by atoms with Crippen LogP contribution in [0.5, 0.6) is 0 Å². The van der Waals surface area contributed by atoms with Gasteiger partial charge in [0, 0.05) is 25.6 Å². The van der Waals surface area contributed by atoms with Crippen LogP contribution in [0.25, 0.3) is 10.2 Å². The first-order chi connectivity index (χ1) is 9.33. The quantitative estimate of drug-likeness (QED) is 0.894. The summed E-state index contributed by atoms with van der Waals surface area (Å²) in [6, 6.07) is 2.04. The van der Waals surface area contributed by atoms with Crippen molar-refractivity contribution in [1.82, 2.24) is 15.3 Å². The average Bonchev–Trinajstić information content (AvgIpc) is 2.71. The molecule has 3 heterocycles. The molecule has 1 aliphatic rings. The van der Waals surface area contributed by atoms with Gasteiger partial charge in [0.05, 0.1) is 23.4 Å². The molecule has 3 rings (SSSR count). The fourth-order valence-corrected chi connectivity index (χ4v) is 3.03. The minimum atomic E-state index is 0.479. The predicted octanol–water partition coefficient (Wildman–Crippen LogP) is 1.65. The summed E-state index contributed by atoms with van der Waals surface area (Å²) < 4.78 is 6.69. The molecule has 0 aliphatic carbocycles. The van der Waals surface area contributed by atoms with Gasteiger partial charge < -0.3 is 15.4 Å². The third-order valence-electron chi connectivity index (χ3n) is 3.18. The zero-order chi connectivity index (χ0) is 13.1. The number of fused-ring (bicyclic) bond motifs is 1. The van der Waals surface area contributed by atoms with Gasteiger partial charge in [0.2, 0.25) is 0 Å². The molecule has 1 atom stereocenters. The van der Waals surface area contributed by atoms with E-state index in [1.807, 2.05) is 13.0 Å². The number of nitrogens with one attached hydrogen (secondary N) is 2. The van der Waals surface area contributed by atoms with Gasteiger partial charge in [0.1, 0.15) is 11.6 Å². The average molecular weight is 278 g/mol. The Hall–Kier alpha value is -1.24. The molecule has 2 aromatic rings. The summed E-state index contributed by atoms with van der Waals surface area (Å²) in [6.45, 7) is 6.34. The zero-order valence-electron chi connectivity index (χ0n) is 11.0. The van der Waals surface area contributed by atoms with E-state index in [1.165, 1.54) is 0 Å². The van der Waals surface area contributed by atoms with Crippen molar-refractivity contribution < 1.29 is 4.74 Å². The number of aryl methyl sites for hydroxylation is 1. The van der Waals surface area contributed by atoms with E-state index in [0.29, 0.717) is 5.92 Å². The number of aromatic nitrogens is 2. The number of thiophene rings is 1. The van der Waals surface area contributed by atoms with Crippen LogP contribution in [0.2, 0.25) is 0 Å². The first kappa shape index (κ1) is 12.8. The lowest BCUT2D eigenvalue weighted by Crippen LogP contribution is -2.28. The van der Waals surface area contributed by atoms with Crippen molar-refractivity contribution in [2.75, 3.05) is 38.2 Å². The van der Waals surface area contributed by atoms with Crippen LogP contribution in [0, 0.1) is 12.8 Å². The summed E-state index contributed by atoms with van der Waals surface area (Å²) in [4.78, 5) is 8.94. The first-order valence-corrected chi connectivity index (χ1v) is 7.45. The number of anilines is 1. The summed E-state index contributed by atoms with van der Waals surface area (Å²) in [6.07, 6.45) is 0. The SMILES string of the molecule is Cc1nc(NCC2CNCCOC2)c2sccc2n1. The summed E-state index contributed by atoms with van der Waals surface area (Å²) in [5.74, 6) is 2.23. The monoisotopic (exact) mass is 278 g/mol. The van der Waals surface area contributed by atoms with Gasteiger partial charge in [-0.25, -0.2) is 9.97 Å². The van der Waals surface area contributed by atoms with E-state index < -0.39 is 0 Å². The molecule has 0 aromatic carbocycles. The molecule has 6 heteroatoms. The van der Waals surface area contributed by atoms with Gasteiger partial charge in [-0.2, -0.15) is 0 Å². The van der Waals surface area contributed by atoms with Crippen LogP contribution >= 0.6 is 11.3 Å². The Morgan fingerprint density at radius 2 is 2.47 bits per heavy atom. The maximum absolute atomic E-state index is 5.56. The smallest absolute Gasteiger partial charge is 0.147 e.